The first-order valence-corrected chi connectivity index (χ1v) is 9.17. The minimum absolute atomic E-state index is 0.131. The highest BCUT2D eigenvalue weighted by molar-refractivity contribution is 5.93. The van der Waals surface area contributed by atoms with Gasteiger partial charge in [-0.2, -0.15) is 0 Å². The number of likely N-dealkylation sites (tertiary alicyclic amines) is 1. The van der Waals surface area contributed by atoms with Crippen molar-refractivity contribution in [1.29, 1.82) is 0 Å². The number of esters is 1. The van der Waals surface area contributed by atoms with Gasteiger partial charge in [0, 0.05) is 18.7 Å². The van der Waals surface area contributed by atoms with Gasteiger partial charge in [-0.05, 0) is 45.2 Å². The summed E-state index contributed by atoms with van der Waals surface area (Å²) in [6.45, 7) is 5.33. The molecule has 0 spiro atoms. The van der Waals surface area contributed by atoms with E-state index in [0.29, 0.717) is 11.1 Å². The minimum atomic E-state index is -0.900. The van der Waals surface area contributed by atoms with Gasteiger partial charge >= 0.3 is 5.97 Å². The molecule has 1 atom stereocenters. The summed E-state index contributed by atoms with van der Waals surface area (Å²) in [4.78, 5) is 27.6. The Hall–Kier alpha value is -2.62. The SMILES string of the molecule is Cc1cc(C)cc(C(=O)O[C@H](C(=O)N2CCCCC2)c2ccccc2)c1. The fourth-order valence-corrected chi connectivity index (χ4v) is 3.44. The van der Waals surface area contributed by atoms with Crippen LogP contribution in [0.3, 0.4) is 0 Å². The fourth-order valence-electron chi connectivity index (χ4n) is 3.44. The monoisotopic (exact) mass is 351 g/mol. The Labute approximate surface area is 154 Å². The van der Waals surface area contributed by atoms with Gasteiger partial charge in [-0.3, -0.25) is 4.79 Å². The van der Waals surface area contributed by atoms with Gasteiger partial charge in [0.25, 0.3) is 5.91 Å². The standard InChI is InChI=1S/C22H25NO3/c1-16-13-17(2)15-19(14-16)22(25)26-20(18-9-5-3-6-10-18)21(24)23-11-7-4-8-12-23/h3,5-6,9-10,13-15,20H,4,7-8,11-12H2,1-2H3/t20-/m0/s1. The molecule has 1 fully saturated rings. The number of benzene rings is 2. The van der Waals surface area contributed by atoms with Crippen molar-refractivity contribution in [3.63, 3.8) is 0 Å². The van der Waals surface area contributed by atoms with Crippen LogP contribution in [-0.4, -0.2) is 29.9 Å². The molecule has 26 heavy (non-hydrogen) atoms. The Morgan fingerprint density at radius 2 is 1.54 bits per heavy atom. The second-order valence-corrected chi connectivity index (χ2v) is 6.96. The van der Waals surface area contributed by atoms with Gasteiger partial charge in [-0.1, -0.05) is 47.5 Å². The van der Waals surface area contributed by atoms with Crippen LogP contribution >= 0.6 is 0 Å². The van der Waals surface area contributed by atoms with Crippen LogP contribution in [0.4, 0.5) is 0 Å². The molecule has 0 aliphatic carbocycles. The van der Waals surface area contributed by atoms with Crippen molar-refractivity contribution in [2.45, 2.75) is 39.2 Å². The van der Waals surface area contributed by atoms with Gasteiger partial charge in [-0.25, -0.2) is 4.79 Å². The zero-order chi connectivity index (χ0) is 18.5. The van der Waals surface area contributed by atoms with Crippen LogP contribution in [-0.2, 0) is 9.53 Å². The van der Waals surface area contributed by atoms with Crippen LogP contribution in [0.5, 0.6) is 0 Å². The summed E-state index contributed by atoms with van der Waals surface area (Å²) in [6, 6.07) is 14.9. The van der Waals surface area contributed by atoms with E-state index < -0.39 is 12.1 Å². The third kappa shape index (κ3) is 4.31. The van der Waals surface area contributed by atoms with Crippen LogP contribution < -0.4 is 0 Å². The normalized spacial score (nSPS) is 15.4. The molecule has 2 aromatic carbocycles. The molecule has 1 heterocycles. The number of ether oxygens (including phenoxy) is 1. The molecule has 0 aromatic heterocycles. The van der Waals surface area contributed by atoms with E-state index in [2.05, 4.69) is 0 Å². The molecule has 0 radical (unpaired) electrons. The van der Waals surface area contributed by atoms with Crippen molar-refractivity contribution < 1.29 is 14.3 Å². The highest BCUT2D eigenvalue weighted by Gasteiger charge is 2.30. The van der Waals surface area contributed by atoms with Crippen molar-refractivity contribution in [2.24, 2.45) is 0 Å². The molecule has 136 valence electrons. The minimum Gasteiger partial charge on any atom is -0.444 e. The van der Waals surface area contributed by atoms with Gasteiger partial charge in [0.05, 0.1) is 5.56 Å². The first-order valence-electron chi connectivity index (χ1n) is 9.17. The zero-order valence-electron chi connectivity index (χ0n) is 15.4. The lowest BCUT2D eigenvalue weighted by Crippen LogP contribution is -2.40. The third-order valence-electron chi connectivity index (χ3n) is 4.68. The van der Waals surface area contributed by atoms with Crippen LogP contribution in [0.1, 0.15) is 52.4 Å². The number of carbonyl (C=O) groups is 2. The fraction of sp³-hybridized carbons (Fsp3) is 0.364. The number of piperidine rings is 1. The number of carbonyl (C=O) groups excluding carboxylic acids is 2. The number of nitrogens with zero attached hydrogens (tertiary/aromatic N) is 1. The predicted octanol–water partition coefficient (Wildman–Crippen LogP) is 4.21. The molecule has 0 saturated carbocycles. The molecule has 1 aliphatic rings. The lowest BCUT2D eigenvalue weighted by atomic mass is 10.0. The Balaban J connectivity index is 1.85. The highest BCUT2D eigenvalue weighted by atomic mass is 16.5. The van der Waals surface area contributed by atoms with E-state index in [1.807, 2.05) is 55.1 Å². The van der Waals surface area contributed by atoms with Crippen molar-refractivity contribution >= 4 is 11.9 Å². The Bertz CT molecular complexity index is 759. The number of aryl methyl sites for hydroxylation is 2. The van der Waals surface area contributed by atoms with Crippen LogP contribution in [0.25, 0.3) is 0 Å². The summed E-state index contributed by atoms with van der Waals surface area (Å²) in [5.41, 5.74) is 3.18. The summed E-state index contributed by atoms with van der Waals surface area (Å²) in [6.07, 6.45) is 2.24. The number of hydrogen-bond donors (Lipinski definition) is 0. The molecular formula is C22H25NO3. The predicted molar refractivity (Wildman–Crippen MR) is 101 cm³/mol. The summed E-state index contributed by atoms with van der Waals surface area (Å²) in [5.74, 6) is -0.593. The molecule has 0 unspecified atom stereocenters. The quantitative estimate of drug-likeness (QED) is 0.775. The smallest absolute Gasteiger partial charge is 0.339 e. The van der Waals surface area contributed by atoms with Crippen LogP contribution in [0, 0.1) is 13.8 Å². The van der Waals surface area contributed by atoms with Crippen molar-refractivity contribution in [2.75, 3.05) is 13.1 Å². The molecule has 4 nitrogen and oxygen atoms in total. The average molecular weight is 351 g/mol. The van der Waals surface area contributed by atoms with E-state index in [1.54, 1.807) is 12.1 Å². The van der Waals surface area contributed by atoms with E-state index >= 15 is 0 Å². The van der Waals surface area contributed by atoms with Gasteiger partial charge < -0.3 is 9.64 Å². The Morgan fingerprint density at radius 1 is 0.923 bits per heavy atom. The van der Waals surface area contributed by atoms with Crippen molar-refractivity contribution in [1.82, 2.24) is 4.90 Å². The van der Waals surface area contributed by atoms with Gasteiger partial charge in [0.2, 0.25) is 6.10 Å². The average Bonchev–Trinajstić information content (AvgIpc) is 2.66. The van der Waals surface area contributed by atoms with Crippen molar-refractivity contribution in [3.8, 4) is 0 Å². The van der Waals surface area contributed by atoms with E-state index in [0.717, 1.165) is 43.5 Å². The molecule has 1 aliphatic heterocycles. The van der Waals surface area contributed by atoms with Gasteiger partial charge in [-0.15, -0.1) is 0 Å². The Morgan fingerprint density at radius 3 is 2.15 bits per heavy atom. The van der Waals surface area contributed by atoms with Gasteiger partial charge in [0.1, 0.15) is 0 Å². The number of rotatable bonds is 4. The highest BCUT2D eigenvalue weighted by Crippen LogP contribution is 2.24. The van der Waals surface area contributed by atoms with E-state index in [9.17, 15) is 9.59 Å². The second-order valence-electron chi connectivity index (χ2n) is 6.96. The van der Waals surface area contributed by atoms with Gasteiger partial charge in [0.15, 0.2) is 0 Å². The van der Waals surface area contributed by atoms with Crippen LogP contribution in [0.2, 0.25) is 0 Å². The summed E-state index contributed by atoms with van der Waals surface area (Å²) in [5, 5.41) is 0. The Kier molecular flexibility index (Phi) is 5.71. The van der Waals surface area contributed by atoms with Crippen molar-refractivity contribution in [3.05, 3.63) is 70.8 Å². The maximum absolute atomic E-state index is 13.0. The molecule has 0 bridgehead atoms. The summed E-state index contributed by atoms with van der Waals surface area (Å²) >= 11 is 0. The summed E-state index contributed by atoms with van der Waals surface area (Å²) < 4.78 is 5.72. The third-order valence-corrected chi connectivity index (χ3v) is 4.68. The van der Waals surface area contributed by atoms with E-state index in [1.165, 1.54) is 0 Å². The first kappa shape index (κ1) is 18.2. The number of amides is 1. The lowest BCUT2D eigenvalue weighted by molar-refractivity contribution is -0.142. The van der Waals surface area contributed by atoms with E-state index in [-0.39, 0.29) is 5.91 Å². The number of hydrogen-bond acceptors (Lipinski definition) is 3. The molecule has 2 aromatic rings. The largest absolute Gasteiger partial charge is 0.444 e. The topological polar surface area (TPSA) is 46.6 Å². The van der Waals surface area contributed by atoms with E-state index in [4.69, 9.17) is 4.74 Å². The lowest BCUT2D eigenvalue weighted by Gasteiger charge is -2.30. The summed E-state index contributed by atoms with van der Waals surface area (Å²) in [7, 11) is 0. The molecule has 1 amide bonds. The molecule has 0 N–H and O–H groups in total. The maximum Gasteiger partial charge on any atom is 0.339 e. The second kappa shape index (κ2) is 8.17. The maximum atomic E-state index is 13.0. The zero-order valence-corrected chi connectivity index (χ0v) is 15.4. The van der Waals surface area contributed by atoms with Crippen LogP contribution in [0.15, 0.2) is 48.5 Å². The molecule has 1 saturated heterocycles. The first-order chi connectivity index (χ1) is 12.5. The molecule has 4 heteroatoms. The molecular weight excluding hydrogens is 326 g/mol. The molecule has 3 rings (SSSR count).